The Bertz CT molecular complexity index is 814. The van der Waals surface area contributed by atoms with Crippen molar-refractivity contribution < 1.29 is 24.4 Å². The largest absolute Gasteiger partial charge is 0.489 e. The van der Waals surface area contributed by atoms with Crippen LogP contribution in [0.1, 0.15) is 27.1 Å². The summed E-state index contributed by atoms with van der Waals surface area (Å²) in [7, 11) is -1.75. The average Bonchev–Trinajstić information content (AvgIpc) is 2.67. The molecule has 1 amide bonds. The van der Waals surface area contributed by atoms with Crippen LogP contribution in [0.3, 0.4) is 0 Å². The highest BCUT2D eigenvalue weighted by molar-refractivity contribution is 7.99. The zero-order valence-electron chi connectivity index (χ0n) is 13.9. The maximum atomic E-state index is 12.2. The molecule has 0 saturated carbocycles. The number of hydrogen-bond donors (Lipinski definition) is 3. The van der Waals surface area contributed by atoms with E-state index < -0.39 is 7.12 Å². The van der Waals surface area contributed by atoms with Gasteiger partial charge in [0.25, 0.3) is 5.91 Å². The Labute approximate surface area is 155 Å². The lowest BCUT2D eigenvalue weighted by molar-refractivity contribution is 0.0947. The fraction of sp³-hybridized carbons (Fsp3) is 0.222. The predicted octanol–water partition coefficient (Wildman–Crippen LogP) is 0.852. The van der Waals surface area contributed by atoms with Crippen LogP contribution in [0.2, 0.25) is 0 Å². The summed E-state index contributed by atoms with van der Waals surface area (Å²) in [5, 5.41) is 21.2. The third-order valence-electron chi connectivity index (χ3n) is 4.07. The minimum Gasteiger partial charge on any atom is -0.488 e. The topological polar surface area (TPSA) is 95.9 Å². The summed E-state index contributed by atoms with van der Waals surface area (Å²) in [6, 6.07) is 12.0. The van der Waals surface area contributed by atoms with Crippen molar-refractivity contribution in [2.45, 2.75) is 17.4 Å². The highest BCUT2D eigenvalue weighted by atomic mass is 32.2. The van der Waals surface area contributed by atoms with E-state index in [0.717, 1.165) is 16.4 Å². The van der Waals surface area contributed by atoms with E-state index in [0.29, 0.717) is 24.8 Å². The molecule has 1 atom stereocenters. The maximum absolute atomic E-state index is 12.2. The Hall–Kier alpha value is -2.29. The normalized spacial score (nSPS) is 15.5. The molecule has 0 radical (unpaired) electrons. The van der Waals surface area contributed by atoms with Gasteiger partial charge in [0, 0.05) is 34.7 Å². The van der Waals surface area contributed by atoms with Crippen molar-refractivity contribution in [2.75, 3.05) is 12.3 Å². The molecule has 1 aliphatic rings. The fourth-order valence-electron chi connectivity index (χ4n) is 2.71. The lowest BCUT2D eigenvalue weighted by atomic mass is 9.77. The van der Waals surface area contributed by atoms with Crippen LogP contribution in [0, 0.1) is 0 Å². The van der Waals surface area contributed by atoms with Crippen LogP contribution in [0.5, 0.6) is 5.75 Å². The number of rotatable bonds is 6. The monoisotopic (exact) mass is 371 g/mol. The number of carbonyl (C=O) groups is 2. The van der Waals surface area contributed by atoms with E-state index in [1.165, 1.54) is 18.2 Å². The SMILES string of the molecule is O=Cc1cc(C(=O)NCCC2CSc3ccccc3O2)ccc1B(O)O. The second-order valence-corrected chi connectivity index (χ2v) is 6.94. The van der Waals surface area contributed by atoms with Gasteiger partial charge in [0.05, 0.1) is 0 Å². The first-order valence-corrected chi connectivity index (χ1v) is 9.19. The van der Waals surface area contributed by atoms with Gasteiger partial charge in [-0.05, 0) is 29.7 Å². The quantitative estimate of drug-likeness (QED) is 0.515. The summed E-state index contributed by atoms with van der Waals surface area (Å²) < 4.78 is 5.92. The standard InChI is InChI=1S/C18H18BNO5S/c21-10-13-9-12(5-6-15(13)19(23)24)18(22)20-8-7-14-11-26-17-4-2-1-3-16(17)25-14/h1-6,9-10,14,23-24H,7-8,11H2,(H,20,22). The minimum atomic E-state index is -1.75. The third kappa shape index (κ3) is 4.27. The number of nitrogens with one attached hydrogen (secondary N) is 1. The Morgan fingerprint density at radius 3 is 2.88 bits per heavy atom. The number of para-hydroxylation sites is 1. The molecular formula is C18H18BNO5S. The highest BCUT2D eigenvalue weighted by Crippen LogP contribution is 2.35. The number of hydrogen-bond acceptors (Lipinski definition) is 6. The van der Waals surface area contributed by atoms with Crippen LogP contribution in [-0.4, -0.2) is 47.8 Å². The van der Waals surface area contributed by atoms with Crippen molar-refractivity contribution in [1.82, 2.24) is 5.32 Å². The van der Waals surface area contributed by atoms with E-state index in [9.17, 15) is 19.6 Å². The van der Waals surface area contributed by atoms with E-state index in [2.05, 4.69) is 5.32 Å². The van der Waals surface area contributed by atoms with Crippen molar-refractivity contribution in [3.05, 3.63) is 53.6 Å². The molecule has 1 unspecified atom stereocenters. The Morgan fingerprint density at radius 2 is 2.12 bits per heavy atom. The summed E-state index contributed by atoms with van der Waals surface area (Å²) in [6.45, 7) is 0.438. The van der Waals surface area contributed by atoms with Crippen LogP contribution in [-0.2, 0) is 0 Å². The van der Waals surface area contributed by atoms with Crippen molar-refractivity contribution in [3.63, 3.8) is 0 Å². The Morgan fingerprint density at radius 1 is 1.31 bits per heavy atom. The molecule has 0 aromatic heterocycles. The molecule has 0 bridgehead atoms. The number of ether oxygens (including phenoxy) is 1. The molecule has 1 aliphatic heterocycles. The first-order valence-electron chi connectivity index (χ1n) is 8.20. The van der Waals surface area contributed by atoms with E-state index in [1.807, 2.05) is 24.3 Å². The average molecular weight is 371 g/mol. The van der Waals surface area contributed by atoms with E-state index in [-0.39, 0.29) is 23.0 Å². The van der Waals surface area contributed by atoms with Crippen molar-refractivity contribution >= 4 is 36.5 Å². The second-order valence-electron chi connectivity index (χ2n) is 5.88. The summed E-state index contributed by atoms with van der Waals surface area (Å²) in [5.74, 6) is 1.37. The van der Waals surface area contributed by atoms with Crippen molar-refractivity contribution in [2.24, 2.45) is 0 Å². The van der Waals surface area contributed by atoms with Crippen LogP contribution < -0.4 is 15.5 Å². The van der Waals surface area contributed by atoms with Gasteiger partial charge >= 0.3 is 7.12 Å². The van der Waals surface area contributed by atoms with E-state index in [1.54, 1.807) is 11.8 Å². The molecule has 6 nitrogen and oxygen atoms in total. The zero-order chi connectivity index (χ0) is 18.5. The highest BCUT2D eigenvalue weighted by Gasteiger charge is 2.20. The number of thioether (sulfide) groups is 1. The van der Waals surface area contributed by atoms with Crippen LogP contribution in [0.25, 0.3) is 0 Å². The minimum absolute atomic E-state index is 0.0210. The van der Waals surface area contributed by atoms with Crippen LogP contribution in [0.15, 0.2) is 47.4 Å². The van der Waals surface area contributed by atoms with Gasteiger partial charge in [0.15, 0.2) is 0 Å². The van der Waals surface area contributed by atoms with Gasteiger partial charge in [-0.15, -0.1) is 11.8 Å². The molecule has 3 rings (SSSR count). The molecule has 2 aromatic carbocycles. The summed E-state index contributed by atoms with van der Waals surface area (Å²) in [6.07, 6.45) is 1.18. The van der Waals surface area contributed by atoms with Gasteiger partial charge in [0.2, 0.25) is 0 Å². The maximum Gasteiger partial charge on any atom is 0.489 e. The molecule has 0 fully saturated rings. The third-order valence-corrected chi connectivity index (χ3v) is 5.26. The first-order chi connectivity index (χ1) is 12.6. The molecular weight excluding hydrogens is 353 g/mol. The number of benzene rings is 2. The van der Waals surface area contributed by atoms with Crippen LogP contribution >= 0.6 is 11.8 Å². The van der Waals surface area contributed by atoms with Crippen LogP contribution in [0.4, 0.5) is 0 Å². The molecule has 8 heteroatoms. The summed E-state index contributed by atoms with van der Waals surface area (Å²) in [5.41, 5.74) is 0.444. The van der Waals surface area contributed by atoms with E-state index in [4.69, 9.17) is 4.74 Å². The zero-order valence-corrected chi connectivity index (χ0v) is 14.7. The van der Waals surface area contributed by atoms with Crippen molar-refractivity contribution in [1.29, 1.82) is 0 Å². The van der Waals surface area contributed by atoms with Gasteiger partial charge in [-0.1, -0.05) is 18.2 Å². The van der Waals surface area contributed by atoms with Gasteiger partial charge in [0.1, 0.15) is 18.1 Å². The molecule has 1 heterocycles. The number of carbonyl (C=O) groups excluding carboxylic acids is 2. The fourth-order valence-corrected chi connectivity index (χ4v) is 3.74. The van der Waals surface area contributed by atoms with Gasteiger partial charge in [-0.2, -0.15) is 0 Å². The van der Waals surface area contributed by atoms with Crippen molar-refractivity contribution in [3.8, 4) is 5.75 Å². The predicted molar refractivity (Wildman–Crippen MR) is 100 cm³/mol. The lowest BCUT2D eigenvalue weighted by Crippen LogP contribution is -2.34. The number of amides is 1. The second kappa shape index (κ2) is 8.40. The molecule has 26 heavy (non-hydrogen) atoms. The molecule has 0 saturated heterocycles. The molecule has 0 spiro atoms. The lowest BCUT2D eigenvalue weighted by Gasteiger charge is -2.25. The number of fused-ring (bicyclic) bond motifs is 1. The first kappa shape index (κ1) is 18.5. The molecule has 3 N–H and O–H groups in total. The van der Waals surface area contributed by atoms with Gasteiger partial charge < -0.3 is 20.1 Å². The van der Waals surface area contributed by atoms with Gasteiger partial charge in [-0.3, -0.25) is 9.59 Å². The molecule has 2 aromatic rings. The molecule has 134 valence electrons. The van der Waals surface area contributed by atoms with E-state index >= 15 is 0 Å². The van der Waals surface area contributed by atoms with Gasteiger partial charge in [-0.25, -0.2) is 0 Å². The number of aldehydes is 1. The molecule has 0 aliphatic carbocycles. The Balaban J connectivity index is 1.54. The summed E-state index contributed by atoms with van der Waals surface area (Å²) >= 11 is 1.74. The summed E-state index contributed by atoms with van der Waals surface area (Å²) in [4.78, 5) is 24.4. The Kier molecular flexibility index (Phi) is 5.98. The smallest absolute Gasteiger partial charge is 0.488 e.